The van der Waals surface area contributed by atoms with Gasteiger partial charge in [-0.3, -0.25) is 4.79 Å². The second kappa shape index (κ2) is 9.12. The van der Waals surface area contributed by atoms with Crippen molar-refractivity contribution in [1.29, 1.82) is 0 Å². The van der Waals surface area contributed by atoms with E-state index in [2.05, 4.69) is 29.6 Å². The first kappa shape index (κ1) is 20.9. The van der Waals surface area contributed by atoms with Crippen molar-refractivity contribution in [2.75, 3.05) is 6.61 Å². The third kappa shape index (κ3) is 6.63. The molecule has 5 heteroatoms. The van der Waals surface area contributed by atoms with E-state index in [1.165, 1.54) is 0 Å². The van der Waals surface area contributed by atoms with Crippen molar-refractivity contribution in [2.24, 2.45) is 5.92 Å². The predicted molar refractivity (Wildman–Crippen MR) is 111 cm³/mol. The SMILES string of the molecule is CC(C)(C)OC(=O)N[C@@H](Cc1ccccc1)c1cccc(C[C@@H]2COC(=O)C2)c1. The summed E-state index contributed by atoms with van der Waals surface area (Å²) < 4.78 is 10.6. The van der Waals surface area contributed by atoms with E-state index in [9.17, 15) is 9.59 Å². The number of ether oxygens (including phenoxy) is 2. The lowest BCUT2D eigenvalue weighted by Gasteiger charge is -2.24. The number of amides is 1. The van der Waals surface area contributed by atoms with E-state index in [-0.39, 0.29) is 17.9 Å². The average molecular weight is 395 g/mol. The van der Waals surface area contributed by atoms with Gasteiger partial charge in [0.1, 0.15) is 5.60 Å². The van der Waals surface area contributed by atoms with Crippen LogP contribution in [0, 0.1) is 5.92 Å². The Labute approximate surface area is 172 Å². The number of hydrogen-bond donors (Lipinski definition) is 1. The monoisotopic (exact) mass is 395 g/mol. The summed E-state index contributed by atoms with van der Waals surface area (Å²) in [5, 5.41) is 3.03. The lowest BCUT2D eigenvalue weighted by atomic mass is 9.93. The minimum absolute atomic E-state index is 0.125. The summed E-state index contributed by atoms with van der Waals surface area (Å²) in [5.74, 6) is 0.0869. The van der Waals surface area contributed by atoms with Gasteiger partial charge < -0.3 is 14.8 Å². The molecular weight excluding hydrogens is 366 g/mol. The quantitative estimate of drug-likeness (QED) is 0.726. The lowest BCUT2D eigenvalue weighted by Crippen LogP contribution is -2.35. The first-order chi connectivity index (χ1) is 13.8. The van der Waals surface area contributed by atoms with Gasteiger partial charge >= 0.3 is 12.1 Å². The maximum atomic E-state index is 12.4. The maximum Gasteiger partial charge on any atom is 0.408 e. The second-order valence-corrected chi connectivity index (χ2v) is 8.59. The Morgan fingerprint density at radius 2 is 1.86 bits per heavy atom. The van der Waals surface area contributed by atoms with Crippen LogP contribution in [0.25, 0.3) is 0 Å². The molecule has 1 heterocycles. The van der Waals surface area contributed by atoms with Gasteiger partial charge in [0.2, 0.25) is 0 Å². The van der Waals surface area contributed by atoms with Crippen LogP contribution in [0.5, 0.6) is 0 Å². The average Bonchev–Trinajstić information content (AvgIpc) is 3.05. The van der Waals surface area contributed by atoms with Crippen molar-refractivity contribution in [3.63, 3.8) is 0 Å². The number of cyclic esters (lactones) is 1. The van der Waals surface area contributed by atoms with Gasteiger partial charge in [-0.25, -0.2) is 4.79 Å². The van der Waals surface area contributed by atoms with Gasteiger partial charge in [0.25, 0.3) is 0 Å². The van der Waals surface area contributed by atoms with Gasteiger partial charge in [-0.05, 0) is 50.3 Å². The molecule has 1 aliphatic rings. The zero-order valence-electron chi connectivity index (χ0n) is 17.3. The van der Waals surface area contributed by atoms with Gasteiger partial charge in [0.15, 0.2) is 0 Å². The molecule has 1 amide bonds. The van der Waals surface area contributed by atoms with Crippen molar-refractivity contribution >= 4 is 12.1 Å². The van der Waals surface area contributed by atoms with Crippen LogP contribution < -0.4 is 5.32 Å². The Balaban J connectivity index is 1.78. The molecule has 0 spiro atoms. The van der Waals surface area contributed by atoms with Crippen LogP contribution in [0.3, 0.4) is 0 Å². The number of alkyl carbamates (subject to hydrolysis) is 1. The molecule has 2 aromatic rings. The molecule has 5 nitrogen and oxygen atoms in total. The highest BCUT2D eigenvalue weighted by Crippen LogP contribution is 2.24. The minimum Gasteiger partial charge on any atom is -0.465 e. The molecule has 29 heavy (non-hydrogen) atoms. The summed E-state index contributed by atoms with van der Waals surface area (Å²) in [6, 6.07) is 18.0. The van der Waals surface area contributed by atoms with Gasteiger partial charge in [0.05, 0.1) is 19.1 Å². The molecule has 1 fully saturated rings. The number of carbonyl (C=O) groups excluding carboxylic acids is 2. The van der Waals surface area contributed by atoms with Crippen molar-refractivity contribution in [3.05, 3.63) is 71.3 Å². The highest BCUT2D eigenvalue weighted by Gasteiger charge is 2.25. The van der Waals surface area contributed by atoms with E-state index in [4.69, 9.17) is 9.47 Å². The molecular formula is C24H29NO4. The van der Waals surface area contributed by atoms with Gasteiger partial charge in [-0.2, -0.15) is 0 Å². The van der Waals surface area contributed by atoms with Crippen LogP contribution in [0.2, 0.25) is 0 Å². The summed E-state index contributed by atoms with van der Waals surface area (Å²) in [6.45, 7) is 6.03. The molecule has 3 rings (SSSR count). The highest BCUT2D eigenvalue weighted by atomic mass is 16.6. The molecule has 0 aliphatic carbocycles. The minimum atomic E-state index is -0.557. The third-order valence-corrected chi connectivity index (χ3v) is 4.79. The molecule has 1 aliphatic heterocycles. The molecule has 2 atom stereocenters. The van der Waals surface area contributed by atoms with Gasteiger partial charge in [-0.1, -0.05) is 54.6 Å². The number of nitrogens with one attached hydrogen (secondary N) is 1. The molecule has 0 bridgehead atoms. The number of esters is 1. The molecule has 1 saturated heterocycles. The Kier molecular flexibility index (Phi) is 6.57. The van der Waals surface area contributed by atoms with Crippen LogP contribution in [-0.4, -0.2) is 24.3 Å². The number of carbonyl (C=O) groups is 2. The van der Waals surface area contributed by atoms with E-state index >= 15 is 0 Å². The van der Waals surface area contributed by atoms with Crippen LogP contribution in [0.4, 0.5) is 4.79 Å². The van der Waals surface area contributed by atoms with Crippen LogP contribution in [0.1, 0.15) is 49.9 Å². The summed E-state index contributed by atoms with van der Waals surface area (Å²) in [5.41, 5.74) is 2.73. The predicted octanol–water partition coefficient (Wildman–Crippen LogP) is 4.60. The fourth-order valence-corrected chi connectivity index (χ4v) is 3.52. The van der Waals surface area contributed by atoms with Crippen molar-refractivity contribution in [1.82, 2.24) is 5.32 Å². The lowest BCUT2D eigenvalue weighted by molar-refractivity contribution is -0.137. The molecule has 0 aromatic heterocycles. The van der Waals surface area contributed by atoms with Crippen LogP contribution >= 0.6 is 0 Å². The normalized spacial score (nSPS) is 17.5. The van der Waals surface area contributed by atoms with Crippen LogP contribution in [0.15, 0.2) is 54.6 Å². The molecule has 1 N–H and O–H groups in total. The van der Waals surface area contributed by atoms with Gasteiger partial charge in [-0.15, -0.1) is 0 Å². The summed E-state index contributed by atoms with van der Waals surface area (Å²) in [4.78, 5) is 23.8. The number of rotatable bonds is 6. The topological polar surface area (TPSA) is 64.6 Å². The molecule has 154 valence electrons. The first-order valence-electron chi connectivity index (χ1n) is 10.1. The zero-order chi connectivity index (χ0) is 20.9. The number of hydrogen-bond acceptors (Lipinski definition) is 4. The Hall–Kier alpha value is -2.82. The Morgan fingerprint density at radius 3 is 2.52 bits per heavy atom. The summed E-state index contributed by atoms with van der Waals surface area (Å²) >= 11 is 0. The molecule has 2 aromatic carbocycles. The van der Waals surface area contributed by atoms with Gasteiger partial charge in [0, 0.05) is 5.92 Å². The second-order valence-electron chi connectivity index (χ2n) is 8.59. The molecule has 0 saturated carbocycles. The fraction of sp³-hybridized carbons (Fsp3) is 0.417. The van der Waals surface area contributed by atoms with E-state index in [0.29, 0.717) is 19.4 Å². The summed E-state index contributed by atoms with van der Waals surface area (Å²) in [6.07, 6.45) is 1.48. The smallest absolute Gasteiger partial charge is 0.408 e. The molecule has 0 radical (unpaired) electrons. The van der Waals surface area contributed by atoms with Crippen molar-refractivity contribution < 1.29 is 19.1 Å². The summed E-state index contributed by atoms with van der Waals surface area (Å²) in [7, 11) is 0. The zero-order valence-corrected chi connectivity index (χ0v) is 17.3. The van der Waals surface area contributed by atoms with Crippen molar-refractivity contribution in [2.45, 2.75) is 51.7 Å². The third-order valence-electron chi connectivity index (χ3n) is 4.79. The Morgan fingerprint density at radius 1 is 1.14 bits per heavy atom. The standard InChI is InChI=1S/C24H29NO4/c1-24(2,3)29-23(27)25-21(14-17-8-5-4-6-9-17)20-11-7-10-18(13-20)12-19-15-22(26)28-16-19/h4-11,13,19,21H,12,14-16H2,1-3H3,(H,25,27)/t19-,21-/m0/s1. The van der Waals surface area contributed by atoms with E-state index in [1.54, 1.807) is 0 Å². The van der Waals surface area contributed by atoms with E-state index < -0.39 is 11.7 Å². The largest absolute Gasteiger partial charge is 0.465 e. The van der Waals surface area contributed by atoms with Crippen LogP contribution in [-0.2, 0) is 27.1 Å². The highest BCUT2D eigenvalue weighted by molar-refractivity contribution is 5.71. The Bertz CT molecular complexity index is 841. The fourth-order valence-electron chi connectivity index (χ4n) is 3.52. The molecule has 0 unspecified atom stereocenters. The van der Waals surface area contributed by atoms with Crippen molar-refractivity contribution in [3.8, 4) is 0 Å². The van der Waals surface area contributed by atoms with E-state index in [1.807, 2.05) is 51.1 Å². The first-order valence-corrected chi connectivity index (χ1v) is 10.1. The van der Waals surface area contributed by atoms with E-state index in [0.717, 1.165) is 23.1 Å². The maximum absolute atomic E-state index is 12.4. The number of benzene rings is 2.